The highest BCUT2D eigenvalue weighted by Crippen LogP contribution is 2.31. The number of aromatic nitrogens is 4. The summed E-state index contributed by atoms with van der Waals surface area (Å²) in [5.41, 5.74) is 4.20. The minimum absolute atomic E-state index is 0. The van der Waals surface area contributed by atoms with Gasteiger partial charge in [0.25, 0.3) is 0 Å². The zero-order valence-corrected chi connectivity index (χ0v) is 18.6. The van der Waals surface area contributed by atoms with Crippen LogP contribution in [0, 0.1) is 0 Å². The maximum atomic E-state index is 9.28. The molecule has 1 aliphatic rings. The third-order valence-corrected chi connectivity index (χ3v) is 5.93. The number of piperazine rings is 1. The molecular formula is C24H27ClN6O. The molecule has 3 heterocycles. The molecule has 0 spiro atoms. The number of benzene rings is 2. The van der Waals surface area contributed by atoms with Gasteiger partial charge in [0.1, 0.15) is 6.33 Å². The van der Waals surface area contributed by atoms with Gasteiger partial charge in [0.15, 0.2) is 17.0 Å². The summed E-state index contributed by atoms with van der Waals surface area (Å²) in [5.74, 6) is 0.873. The minimum Gasteiger partial charge on any atom is -0.395 e. The molecule has 1 saturated heterocycles. The number of fused-ring (bicyclic) bond motifs is 1. The number of aliphatic hydroxyl groups is 1. The van der Waals surface area contributed by atoms with Crippen LogP contribution < -0.4 is 4.90 Å². The van der Waals surface area contributed by atoms with Crippen molar-refractivity contribution >= 4 is 29.4 Å². The van der Waals surface area contributed by atoms with E-state index >= 15 is 0 Å². The van der Waals surface area contributed by atoms with E-state index in [1.807, 2.05) is 4.57 Å². The summed E-state index contributed by atoms with van der Waals surface area (Å²) in [5, 5.41) is 9.28. The summed E-state index contributed by atoms with van der Waals surface area (Å²) >= 11 is 0. The topological polar surface area (TPSA) is 70.3 Å². The highest BCUT2D eigenvalue weighted by atomic mass is 35.5. The van der Waals surface area contributed by atoms with Gasteiger partial charge in [0.05, 0.1) is 19.0 Å². The smallest absolute Gasteiger partial charge is 0.165 e. The third-order valence-electron chi connectivity index (χ3n) is 5.93. The number of hydrogen-bond donors (Lipinski definition) is 1. The molecule has 5 rings (SSSR count). The van der Waals surface area contributed by atoms with Crippen molar-refractivity contribution < 1.29 is 5.11 Å². The van der Waals surface area contributed by atoms with Crippen LogP contribution in [0.25, 0.3) is 11.2 Å². The number of imidazole rings is 1. The van der Waals surface area contributed by atoms with Gasteiger partial charge in [0.2, 0.25) is 0 Å². The molecule has 32 heavy (non-hydrogen) atoms. The second-order valence-electron chi connectivity index (χ2n) is 7.78. The van der Waals surface area contributed by atoms with Crippen molar-refractivity contribution in [3.05, 3.63) is 84.4 Å². The Morgan fingerprint density at radius 3 is 2.03 bits per heavy atom. The predicted octanol–water partition coefficient (Wildman–Crippen LogP) is 3.15. The lowest BCUT2D eigenvalue weighted by Crippen LogP contribution is -2.48. The highest BCUT2D eigenvalue weighted by molar-refractivity contribution is 5.85. The summed E-state index contributed by atoms with van der Waals surface area (Å²) in [6.45, 7) is 4.14. The van der Waals surface area contributed by atoms with E-state index in [9.17, 15) is 5.11 Å². The predicted molar refractivity (Wildman–Crippen MR) is 128 cm³/mol. The van der Waals surface area contributed by atoms with Crippen molar-refractivity contribution in [2.45, 2.75) is 12.6 Å². The van der Waals surface area contributed by atoms with E-state index in [1.165, 1.54) is 11.1 Å². The Balaban J connectivity index is 0.00000245. The first-order chi connectivity index (χ1) is 15.3. The second-order valence-corrected chi connectivity index (χ2v) is 7.78. The number of nitrogens with zero attached hydrogens (tertiary/aromatic N) is 6. The molecule has 0 unspecified atom stereocenters. The summed E-state index contributed by atoms with van der Waals surface area (Å²) < 4.78 is 1.87. The van der Waals surface area contributed by atoms with Crippen molar-refractivity contribution in [1.82, 2.24) is 24.4 Å². The summed E-state index contributed by atoms with van der Waals surface area (Å²) in [4.78, 5) is 18.3. The van der Waals surface area contributed by atoms with Gasteiger partial charge in [-0.15, -0.1) is 12.4 Å². The Labute approximate surface area is 193 Å². The van der Waals surface area contributed by atoms with Gasteiger partial charge in [-0.2, -0.15) is 0 Å². The maximum absolute atomic E-state index is 9.28. The minimum atomic E-state index is 0. The molecule has 2 aromatic carbocycles. The van der Waals surface area contributed by atoms with E-state index in [0.29, 0.717) is 6.54 Å². The van der Waals surface area contributed by atoms with Crippen molar-refractivity contribution in [3.63, 3.8) is 0 Å². The van der Waals surface area contributed by atoms with E-state index in [1.54, 1.807) is 12.7 Å². The number of aliphatic hydroxyl groups excluding tert-OH is 1. The van der Waals surface area contributed by atoms with Crippen LogP contribution in [0.1, 0.15) is 17.2 Å². The number of rotatable bonds is 6. The van der Waals surface area contributed by atoms with Gasteiger partial charge in [-0.3, -0.25) is 4.90 Å². The van der Waals surface area contributed by atoms with E-state index in [-0.39, 0.29) is 25.1 Å². The quantitative estimate of drug-likeness (QED) is 0.486. The van der Waals surface area contributed by atoms with Gasteiger partial charge in [-0.25, -0.2) is 15.0 Å². The number of hydrogen-bond acceptors (Lipinski definition) is 6. The van der Waals surface area contributed by atoms with Gasteiger partial charge < -0.3 is 14.6 Å². The Morgan fingerprint density at radius 1 is 0.812 bits per heavy atom. The van der Waals surface area contributed by atoms with Crippen LogP contribution in [0.4, 0.5) is 5.82 Å². The molecule has 8 heteroatoms. The van der Waals surface area contributed by atoms with Crippen LogP contribution in [0.2, 0.25) is 0 Å². The fourth-order valence-electron chi connectivity index (χ4n) is 4.45. The summed E-state index contributed by atoms with van der Waals surface area (Å²) in [6, 6.07) is 21.7. The van der Waals surface area contributed by atoms with Gasteiger partial charge >= 0.3 is 0 Å². The molecular weight excluding hydrogens is 424 g/mol. The molecule has 0 bridgehead atoms. The number of anilines is 1. The number of halogens is 1. The Hall–Kier alpha value is -3.00. The van der Waals surface area contributed by atoms with E-state index in [4.69, 9.17) is 0 Å². The van der Waals surface area contributed by atoms with Crippen LogP contribution in [-0.2, 0) is 6.54 Å². The van der Waals surface area contributed by atoms with Gasteiger partial charge in [0, 0.05) is 32.7 Å². The fourth-order valence-corrected chi connectivity index (χ4v) is 4.45. The first kappa shape index (κ1) is 22.2. The van der Waals surface area contributed by atoms with Gasteiger partial charge in [-0.05, 0) is 11.1 Å². The standard InChI is InChI=1S/C24H26N6O.ClH/c31-16-15-30-18-27-21-23(25-17-26-24(21)30)29-13-11-28(12-14-29)22(19-7-3-1-4-8-19)20-9-5-2-6-10-20;/h1-10,17-18,22,31H,11-16H2;1H. The zero-order chi connectivity index (χ0) is 21.0. The second kappa shape index (κ2) is 10.1. The van der Waals surface area contributed by atoms with E-state index < -0.39 is 0 Å². The molecule has 166 valence electrons. The molecule has 0 atom stereocenters. The maximum Gasteiger partial charge on any atom is 0.165 e. The average Bonchev–Trinajstić information content (AvgIpc) is 3.25. The van der Waals surface area contributed by atoms with Crippen LogP contribution in [-0.4, -0.2) is 62.3 Å². The molecule has 1 N–H and O–H groups in total. The van der Waals surface area contributed by atoms with E-state index in [2.05, 4.69) is 85.4 Å². The average molecular weight is 451 g/mol. The third kappa shape index (κ3) is 4.32. The van der Waals surface area contributed by atoms with Crippen LogP contribution in [0.3, 0.4) is 0 Å². The lowest BCUT2D eigenvalue weighted by Gasteiger charge is -2.40. The van der Waals surface area contributed by atoms with E-state index in [0.717, 1.165) is 43.2 Å². The first-order valence-electron chi connectivity index (χ1n) is 10.7. The van der Waals surface area contributed by atoms with Crippen molar-refractivity contribution in [1.29, 1.82) is 0 Å². The van der Waals surface area contributed by atoms with Crippen molar-refractivity contribution in [2.75, 3.05) is 37.7 Å². The summed E-state index contributed by atoms with van der Waals surface area (Å²) in [7, 11) is 0. The zero-order valence-electron chi connectivity index (χ0n) is 17.8. The summed E-state index contributed by atoms with van der Waals surface area (Å²) in [6.07, 6.45) is 3.33. The molecule has 1 fully saturated rings. The largest absolute Gasteiger partial charge is 0.395 e. The first-order valence-corrected chi connectivity index (χ1v) is 10.7. The fraction of sp³-hybridized carbons (Fsp3) is 0.292. The molecule has 4 aromatic rings. The van der Waals surface area contributed by atoms with Crippen molar-refractivity contribution in [2.24, 2.45) is 0 Å². The Kier molecular flexibility index (Phi) is 6.99. The molecule has 2 aromatic heterocycles. The molecule has 7 nitrogen and oxygen atoms in total. The lowest BCUT2D eigenvalue weighted by molar-refractivity contribution is 0.212. The molecule has 0 saturated carbocycles. The van der Waals surface area contributed by atoms with Crippen molar-refractivity contribution in [3.8, 4) is 0 Å². The monoisotopic (exact) mass is 450 g/mol. The Morgan fingerprint density at radius 2 is 1.44 bits per heavy atom. The normalized spacial score (nSPS) is 14.6. The molecule has 0 aliphatic carbocycles. The highest BCUT2D eigenvalue weighted by Gasteiger charge is 2.28. The molecule has 0 amide bonds. The SMILES string of the molecule is Cl.OCCn1cnc2c(N3CCN(C(c4ccccc4)c4ccccc4)CC3)ncnc21. The van der Waals surface area contributed by atoms with Crippen LogP contribution >= 0.6 is 12.4 Å². The Bertz CT molecular complexity index is 1090. The molecule has 0 radical (unpaired) electrons. The van der Waals surface area contributed by atoms with Crippen LogP contribution in [0.5, 0.6) is 0 Å². The van der Waals surface area contributed by atoms with Gasteiger partial charge in [-0.1, -0.05) is 60.7 Å². The molecule has 1 aliphatic heterocycles. The van der Waals surface area contributed by atoms with Crippen LogP contribution in [0.15, 0.2) is 73.3 Å². The lowest BCUT2D eigenvalue weighted by atomic mass is 9.96.